The smallest absolute Gasteiger partial charge is 0.204 e. The molecule has 1 heterocycles. The van der Waals surface area contributed by atoms with Crippen LogP contribution in [0.3, 0.4) is 0 Å². The van der Waals surface area contributed by atoms with Crippen LogP contribution in [-0.2, 0) is 0 Å². The van der Waals surface area contributed by atoms with Crippen LogP contribution in [0.5, 0.6) is 11.5 Å². The van der Waals surface area contributed by atoms with Crippen LogP contribution in [0.25, 0.3) is 22.3 Å². The number of ether oxygens (including phenoxy) is 2. The predicted molar refractivity (Wildman–Crippen MR) is 85.6 cm³/mol. The molecule has 2 aromatic carbocycles. The zero-order chi connectivity index (χ0) is 14.8. The van der Waals surface area contributed by atoms with E-state index in [0.29, 0.717) is 22.8 Å². The van der Waals surface area contributed by atoms with Gasteiger partial charge in [-0.15, -0.1) is 0 Å². The van der Waals surface area contributed by atoms with Crippen molar-refractivity contribution in [2.24, 2.45) is 0 Å². The van der Waals surface area contributed by atoms with E-state index in [1.807, 2.05) is 48.5 Å². The molecule has 4 heteroatoms. The van der Waals surface area contributed by atoms with Gasteiger partial charge in [0, 0.05) is 17.0 Å². The highest BCUT2D eigenvalue weighted by Gasteiger charge is 2.14. The molecule has 0 spiro atoms. The van der Waals surface area contributed by atoms with Gasteiger partial charge >= 0.3 is 0 Å². The molecule has 3 nitrogen and oxygen atoms in total. The third-order valence-corrected chi connectivity index (χ3v) is 3.64. The Hall–Kier alpha value is -2.33. The van der Waals surface area contributed by atoms with Crippen LogP contribution in [0.1, 0.15) is 0 Å². The number of hydrogen-bond donors (Lipinski definition) is 0. The van der Waals surface area contributed by atoms with Gasteiger partial charge in [0.2, 0.25) is 5.75 Å². The lowest BCUT2D eigenvalue weighted by molar-refractivity contribution is 0.353. The van der Waals surface area contributed by atoms with Crippen LogP contribution in [-0.4, -0.2) is 14.2 Å². The molecule has 0 bridgehead atoms. The first-order chi connectivity index (χ1) is 10.2. The Balaban J connectivity index is 2.34. The lowest BCUT2D eigenvalue weighted by Crippen LogP contribution is -1.92. The summed E-state index contributed by atoms with van der Waals surface area (Å²) in [5.41, 5.74) is 1.57. The van der Waals surface area contributed by atoms with Crippen molar-refractivity contribution in [3.63, 3.8) is 0 Å². The minimum atomic E-state index is 0.555. The van der Waals surface area contributed by atoms with Crippen LogP contribution in [0.15, 0.2) is 52.9 Å². The second kappa shape index (κ2) is 5.58. The second-order valence-corrected chi connectivity index (χ2v) is 4.96. The normalized spacial score (nSPS) is 10.6. The summed E-state index contributed by atoms with van der Waals surface area (Å²) in [7, 11) is 3.18. The second-order valence-electron chi connectivity index (χ2n) is 4.52. The molecule has 3 aromatic rings. The average Bonchev–Trinajstić information content (AvgIpc) is 2.54. The predicted octanol–water partition coefficient (Wildman–Crippen LogP) is 4.85. The van der Waals surface area contributed by atoms with E-state index in [2.05, 4.69) is 0 Å². The SMILES string of the molecule is COc1ccc2c(=S)cc(-c3ccccc3)oc2c1OC. The summed E-state index contributed by atoms with van der Waals surface area (Å²) in [6.45, 7) is 0. The molecule has 106 valence electrons. The zero-order valence-electron chi connectivity index (χ0n) is 11.8. The maximum absolute atomic E-state index is 6.02. The van der Waals surface area contributed by atoms with E-state index in [-0.39, 0.29) is 0 Å². The van der Waals surface area contributed by atoms with Gasteiger partial charge in [0.1, 0.15) is 5.76 Å². The molecular weight excluding hydrogens is 284 g/mol. The molecule has 0 atom stereocenters. The van der Waals surface area contributed by atoms with Crippen LogP contribution < -0.4 is 9.47 Å². The number of hydrogen-bond acceptors (Lipinski definition) is 4. The van der Waals surface area contributed by atoms with E-state index >= 15 is 0 Å². The Morgan fingerprint density at radius 2 is 1.71 bits per heavy atom. The van der Waals surface area contributed by atoms with Gasteiger partial charge in [0.15, 0.2) is 11.3 Å². The molecule has 0 N–H and O–H groups in total. The fourth-order valence-electron chi connectivity index (χ4n) is 2.27. The van der Waals surface area contributed by atoms with Gasteiger partial charge in [-0.3, -0.25) is 0 Å². The van der Waals surface area contributed by atoms with Crippen LogP contribution in [0, 0.1) is 4.51 Å². The fraction of sp³-hybridized carbons (Fsp3) is 0.118. The fourth-order valence-corrected chi connectivity index (χ4v) is 2.54. The molecule has 0 unspecified atom stereocenters. The maximum Gasteiger partial charge on any atom is 0.204 e. The molecule has 21 heavy (non-hydrogen) atoms. The third kappa shape index (κ3) is 2.38. The van der Waals surface area contributed by atoms with E-state index in [9.17, 15) is 0 Å². The highest BCUT2D eigenvalue weighted by Crippen LogP contribution is 2.38. The Bertz CT molecular complexity index is 838. The molecule has 0 saturated carbocycles. The molecule has 0 fully saturated rings. The zero-order valence-corrected chi connectivity index (χ0v) is 12.6. The number of fused-ring (bicyclic) bond motifs is 1. The van der Waals surface area contributed by atoms with E-state index in [0.717, 1.165) is 15.5 Å². The van der Waals surface area contributed by atoms with E-state index < -0.39 is 0 Å². The Kier molecular flexibility index (Phi) is 3.62. The number of benzene rings is 2. The first kappa shape index (κ1) is 13.6. The molecule has 0 saturated heterocycles. The first-order valence-electron chi connectivity index (χ1n) is 6.49. The molecule has 0 aliphatic heterocycles. The minimum Gasteiger partial charge on any atom is -0.493 e. The molecule has 0 aliphatic rings. The van der Waals surface area contributed by atoms with Crippen molar-refractivity contribution < 1.29 is 13.9 Å². The summed E-state index contributed by atoms with van der Waals surface area (Å²) in [5.74, 6) is 1.88. The lowest BCUT2D eigenvalue weighted by atomic mass is 10.1. The standard InChI is InChI=1S/C17H14O3S/c1-18-13-9-8-12-15(21)10-14(11-6-4-3-5-7-11)20-16(12)17(13)19-2/h3-10H,1-2H3. The highest BCUT2D eigenvalue weighted by molar-refractivity contribution is 7.71. The lowest BCUT2D eigenvalue weighted by Gasteiger charge is -2.11. The van der Waals surface area contributed by atoms with Gasteiger partial charge in [0.05, 0.1) is 18.7 Å². The third-order valence-electron chi connectivity index (χ3n) is 3.30. The topological polar surface area (TPSA) is 31.6 Å². The van der Waals surface area contributed by atoms with Crippen molar-refractivity contribution >= 4 is 23.2 Å². The largest absolute Gasteiger partial charge is 0.493 e. The summed E-state index contributed by atoms with van der Waals surface area (Å²) in [6, 6.07) is 15.4. The molecule has 1 aromatic heterocycles. The van der Waals surface area contributed by atoms with Crippen molar-refractivity contribution in [3.05, 3.63) is 53.0 Å². The molecule has 0 amide bonds. The summed E-state index contributed by atoms with van der Waals surface area (Å²) in [6.07, 6.45) is 0. The number of rotatable bonds is 3. The van der Waals surface area contributed by atoms with E-state index in [1.165, 1.54) is 0 Å². The van der Waals surface area contributed by atoms with Gasteiger partial charge in [-0.25, -0.2) is 0 Å². The summed E-state index contributed by atoms with van der Waals surface area (Å²) in [4.78, 5) is 0. The first-order valence-corrected chi connectivity index (χ1v) is 6.89. The minimum absolute atomic E-state index is 0.555. The molecule has 0 aliphatic carbocycles. The Labute approximate surface area is 127 Å². The van der Waals surface area contributed by atoms with Gasteiger partial charge < -0.3 is 13.9 Å². The van der Waals surface area contributed by atoms with Gasteiger partial charge in [0.25, 0.3) is 0 Å². The summed E-state index contributed by atoms with van der Waals surface area (Å²) >= 11 is 5.47. The van der Waals surface area contributed by atoms with Crippen LogP contribution >= 0.6 is 12.2 Å². The average molecular weight is 298 g/mol. The van der Waals surface area contributed by atoms with Gasteiger partial charge in [-0.05, 0) is 12.1 Å². The van der Waals surface area contributed by atoms with Crippen LogP contribution in [0.4, 0.5) is 0 Å². The Morgan fingerprint density at radius 1 is 0.952 bits per heavy atom. The van der Waals surface area contributed by atoms with E-state index in [1.54, 1.807) is 14.2 Å². The summed E-state index contributed by atoms with van der Waals surface area (Å²) < 4.78 is 17.5. The van der Waals surface area contributed by atoms with Crippen molar-refractivity contribution in [1.29, 1.82) is 0 Å². The van der Waals surface area contributed by atoms with Crippen molar-refractivity contribution in [1.82, 2.24) is 0 Å². The van der Waals surface area contributed by atoms with Crippen molar-refractivity contribution in [2.45, 2.75) is 0 Å². The number of methoxy groups -OCH3 is 2. The van der Waals surface area contributed by atoms with Crippen molar-refractivity contribution in [2.75, 3.05) is 14.2 Å². The van der Waals surface area contributed by atoms with Crippen molar-refractivity contribution in [3.8, 4) is 22.8 Å². The quantitative estimate of drug-likeness (QED) is 0.647. The highest BCUT2D eigenvalue weighted by atomic mass is 32.1. The molecule has 0 radical (unpaired) electrons. The monoisotopic (exact) mass is 298 g/mol. The molecular formula is C17H14O3S. The van der Waals surface area contributed by atoms with E-state index in [4.69, 9.17) is 26.1 Å². The van der Waals surface area contributed by atoms with Crippen LogP contribution in [0.2, 0.25) is 0 Å². The Morgan fingerprint density at radius 3 is 2.38 bits per heavy atom. The van der Waals surface area contributed by atoms with Gasteiger partial charge in [-0.1, -0.05) is 42.5 Å². The molecule has 3 rings (SSSR count). The summed E-state index contributed by atoms with van der Waals surface area (Å²) in [5, 5.41) is 0.835. The van der Waals surface area contributed by atoms with Gasteiger partial charge in [-0.2, -0.15) is 0 Å². The maximum atomic E-state index is 6.02.